The van der Waals surface area contributed by atoms with Crippen LogP contribution in [0.3, 0.4) is 0 Å². The quantitative estimate of drug-likeness (QED) is 0.281. The second kappa shape index (κ2) is 12.4. The molecule has 0 spiro atoms. The van der Waals surface area contributed by atoms with Crippen molar-refractivity contribution in [1.82, 2.24) is 30.0 Å². The monoisotopic (exact) mass is 550 g/mol. The van der Waals surface area contributed by atoms with Gasteiger partial charge in [0.15, 0.2) is 17.3 Å². The summed E-state index contributed by atoms with van der Waals surface area (Å²) in [6, 6.07) is 10.8. The number of methoxy groups -OCH3 is 1. The van der Waals surface area contributed by atoms with Crippen LogP contribution >= 0.6 is 11.6 Å². The van der Waals surface area contributed by atoms with Gasteiger partial charge >= 0.3 is 0 Å². The van der Waals surface area contributed by atoms with Crippen LogP contribution in [0.5, 0.6) is 11.5 Å². The number of hydrogen-bond donors (Lipinski definition) is 1. The fourth-order valence-corrected chi connectivity index (χ4v) is 4.60. The van der Waals surface area contributed by atoms with Crippen molar-refractivity contribution in [2.45, 2.75) is 33.9 Å². The lowest BCUT2D eigenvalue weighted by Gasteiger charge is -2.18. The first kappa shape index (κ1) is 28.3. The van der Waals surface area contributed by atoms with Gasteiger partial charge < -0.3 is 19.7 Å². The molecule has 0 fully saturated rings. The summed E-state index contributed by atoms with van der Waals surface area (Å²) in [6.07, 6.45) is 1.80. The maximum Gasteiger partial charge on any atom is 0.273 e. The average molecular weight is 551 g/mol. The van der Waals surface area contributed by atoms with Crippen molar-refractivity contribution in [1.29, 1.82) is 0 Å². The topological polar surface area (TPSA) is 94.4 Å². The largest absolute Gasteiger partial charge is 0.493 e. The number of carbonyl (C=O) groups excluding carboxylic acids is 1. The summed E-state index contributed by atoms with van der Waals surface area (Å²) >= 11 is 6.30. The molecule has 4 aromatic rings. The van der Waals surface area contributed by atoms with Crippen molar-refractivity contribution < 1.29 is 14.3 Å². The Morgan fingerprint density at radius 3 is 2.67 bits per heavy atom. The van der Waals surface area contributed by atoms with Crippen molar-refractivity contribution in [3.8, 4) is 22.9 Å². The molecule has 0 saturated carbocycles. The average Bonchev–Trinajstić information content (AvgIpc) is 3.29. The molecule has 0 aliphatic rings. The molecule has 0 saturated heterocycles. The smallest absolute Gasteiger partial charge is 0.273 e. The minimum Gasteiger partial charge on any atom is -0.493 e. The summed E-state index contributed by atoms with van der Waals surface area (Å²) in [4.78, 5) is 24.9. The van der Waals surface area contributed by atoms with Gasteiger partial charge in [0.25, 0.3) is 5.91 Å². The van der Waals surface area contributed by atoms with Gasteiger partial charge in [-0.3, -0.25) is 9.48 Å². The Labute approximate surface area is 234 Å². The van der Waals surface area contributed by atoms with Crippen LogP contribution in [-0.4, -0.2) is 64.9 Å². The van der Waals surface area contributed by atoms with Crippen LogP contribution in [0.1, 0.15) is 35.6 Å². The number of nitrogens with one attached hydrogen (secondary N) is 1. The molecule has 10 heteroatoms. The van der Waals surface area contributed by atoms with Crippen LogP contribution in [0.2, 0.25) is 5.02 Å². The Morgan fingerprint density at radius 2 is 1.97 bits per heavy atom. The molecule has 1 atom stereocenters. The van der Waals surface area contributed by atoms with E-state index >= 15 is 0 Å². The second-order valence-electron chi connectivity index (χ2n) is 9.63. The molecule has 2 aromatic carbocycles. The first-order valence-electron chi connectivity index (χ1n) is 13.0. The Balaban J connectivity index is 1.69. The highest BCUT2D eigenvalue weighted by Gasteiger charge is 2.22. The number of amides is 1. The number of fused-ring (bicyclic) bond motifs is 1. The van der Waals surface area contributed by atoms with Crippen LogP contribution < -0.4 is 14.8 Å². The lowest BCUT2D eigenvalue weighted by Crippen LogP contribution is -2.27. The summed E-state index contributed by atoms with van der Waals surface area (Å²) in [7, 11) is 5.27. The number of aryl methyl sites for hydroxylation is 1. The number of nitrogens with zero attached hydrogens (tertiary/aromatic N) is 5. The SMILES string of the molecule is CCn1ncc(CN(C)C(=O)c2nc(-c3ccc(OCC(C)CNC)c(OC)c3)nc3ccc(Cl)cc23)c1C. The van der Waals surface area contributed by atoms with Crippen LogP contribution in [-0.2, 0) is 13.1 Å². The van der Waals surface area contributed by atoms with Crippen LogP contribution in [0.15, 0.2) is 42.6 Å². The lowest BCUT2D eigenvalue weighted by atomic mass is 10.1. The van der Waals surface area contributed by atoms with Crippen molar-refractivity contribution in [3.05, 3.63) is 64.6 Å². The van der Waals surface area contributed by atoms with Gasteiger partial charge in [-0.05, 0) is 57.3 Å². The summed E-state index contributed by atoms with van der Waals surface area (Å²) in [5.41, 5.74) is 3.62. The van der Waals surface area contributed by atoms with E-state index in [-0.39, 0.29) is 11.6 Å². The fourth-order valence-electron chi connectivity index (χ4n) is 4.43. The number of hydrogen-bond acceptors (Lipinski definition) is 7. The molecule has 39 heavy (non-hydrogen) atoms. The van der Waals surface area contributed by atoms with Crippen LogP contribution in [0, 0.1) is 12.8 Å². The maximum atomic E-state index is 13.7. The minimum atomic E-state index is -0.236. The Morgan fingerprint density at radius 1 is 1.18 bits per heavy atom. The number of rotatable bonds is 11. The van der Waals surface area contributed by atoms with E-state index in [4.69, 9.17) is 31.0 Å². The maximum absolute atomic E-state index is 13.7. The summed E-state index contributed by atoms with van der Waals surface area (Å²) < 4.78 is 13.5. The molecule has 206 valence electrons. The van der Waals surface area contributed by atoms with E-state index in [2.05, 4.69) is 17.3 Å². The molecule has 1 unspecified atom stereocenters. The zero-order valence-electron chi connectivity index (χ0n) is 23.3. The molecular weight excluding hydrogens is 516 g/mol. The van der Waals surface area contributed by atoms with Gasteiger partial charge in [-0.15, -0.1) is 0 Å². The van der Waals surface area contributed by atoms with E-state index in [0.717, 1.165) is 24.3 Å². The normalized spacial score (nSPS) is 12.0. The van der Waals surface area contributed by atoms with Gasteiger partial charge in [0, 0.05) is 59.8 Å². The van der Waals surface area contributed by atoms with Crippen LogP contribution in [0.25, 0.3) is 22.3 Å². The molecule has 0 aliphatic heterocycles. The molecule has 0 bridgehead atoms. The van der Waals surface area contributed by atoms with Crippen molar-refractivity contribution in [2.75, 3.05) is 34.4 Å². The van der Waals surface area contributed by atoms with E-state index in [1.165, 1.54) is 0 Å². The zero-order valence-corrected chi connectivity index (χ0v) is 24.0. The number of carbonyl (C=O) groups is 1. The number of aromatic nitrogens is 4. The summed E-state index contributed by atoms with van der Waals surface area (Å²) in [5, 5.41) is 8.65. The molecule has 1 amide bonds. The first-order valence-corrected chi connectivity index (χ1v) is 13.3. The fraction of sp³-hybridized carbons (Fsp3) is 0.379. The first-order chi connectivity index (χ1) is 18.7. The van der Waals surface area contributed by atoms with Crippen molar-refractivity contribution >= 4 is 28.4 Å². The lowest BCUT2D eigenvalue weighted by molar-refractivity contribution is 0.0781. The highest BCUT2D eigenvalue weighted by molar-refractivity contribution is 6.31. The van der Waals surface area contributed by atoms with Crippen molar-refractivity contribution in [2.24, 2.45) is 5.92 Å². The van der Waals surface area contributed by atoms with Crippen molar-refractivity contribution in [3.63, 3.8) is 0 Å². The highest BCUT2D eigenvalue weighted by atomic mass is 35.5. The molecular formula is C29H35ClN6O3. The summed E-state index contributed by atoms with van der Waals surface area (Å²) in [6.45, 7) is 8.72. The van der Waals surface area contributed by atoms with Gasteiger partial charge in [-0.2, -0.15) is 5.10 Å². The van der Waals surface area contributed by atoms with E-state index in [1.54, 1.807) is 43.5 Å². The van der Waals surface area contributed by atoms with Gasteiger partial charge in [0.2, 0.25) is 0 Å². The number of benzene rings is 2. The van der Waals surface area contributed by atoms with E-state index in [1.807, 2.05) is 43.8 Å². The minimum absolute atomic E-state index is 0.236. The Kier molecular flexibility index (Phi) is 9.04. The predicted molar refractivity (Wildman–Crippen MR) is 154 cm³/mol. The van der Waals surface area contributed by atoms with E-state index in [0.29, 0.717) is 57.9 Å². The van der Waals surface area contributed by atoms with Gasteiger partial charge in [0.05, 0.1) is 25.4 Å². The third-order valence-corrected chi connectivity index (χ3v) is 6.85. The highest BCUT2D eigenvalue weighted by Crippen LogP contribution is 2.33. The van der Waals surface area contributed by atoms with Gasteiger partial charge in [-0.1, -0.05) is 18.5 Å². The standard InChI is InChI=1S/C29H35ClN6O3/c1-7-36-19(3)21(15-32-36)16-35(5)29(37)27-23-13-22(30)9-10-24(23)33-28(34-27)20-8-11-25(26(12-20)38-6)39-17-18(2)14-31-4/h8-13,15,18,31H,7,14,16-17H2,1-6H3. The molecule has 0 radical (unpaired) electrons. The third kappa shape index (κ3) is 6.32. The van der Waals surface area contributed by atoms with Gasteiger partial charge in [-0.25, -0.2) is 9.97 Å². The third-order valence-electron chi connectivity index (χ3n) is 6.62. The summed E-state index contributed by atoms with van der Waals surface area (Å²) in [5.74, 6) is 1.71. The number of halogens is 1. The molecule has 0 aliphatic carbocycles. The van der Waals surface area contributed by atoms with E-state index < -0.39 is 0 Å². The number of ether oxygens (including phenoxy) is 2. The van der Waals surface area contributed by atoms with Gasteiger partial charge in [0.1, 0.15) is 5.69 Å². The zero-order chi connectivity index (χ0) is 28.1. The predicted octanol–water partition coefficient (Wildman–Crippen LogP) is 4.99. The molecule has 2 aromatic heterocycles. The Bertz CT molecular complexity index is 1470. The molecule has 1 N–H and O–H groups in total. The molecule has 2 heterocycles. The Hall–Kier alpha value is -3.69. The van der Waals surface area contributed by atoms with Crippen LogP contribution in [0.4, 0.5) is 0 Å². The molecule has 4 rings (SSSR count). The molecule has 9 nitrogen and oxygen atoms in total. The van der Waals surface area contributed by atoms with E-state index in [9.17, 15) is 4.79 Å². The second-order valence-corrected chi connectivity index (χ2v) is 10.1.